The lowest BCUT2D eigenvalue weighted by molar-refractivity contribution is 0.102. The van der Waals surface area contributed by atoms with Gasteiger partial charge in [-0.1, -0.05) is 40.2 Å². The molecule has 0 bridgehead atoms. The lowest BCUT2D eigenvalue weighted by atomic mass is 10.0. The Labute approximate surface area is 102 Å². The highest BCUT2D eigenvalue weighted by Crippen LogP contribution is 2.14. The Kier molecular flexibility index (Phi) is 4.49. The van der Waals surface area contributed by atoms with Gasteiger partial charge in [0.15, 0.2) is 5.78 Å². The van der Waals surface area contributed by atoms with Crippen molar-refractivity contribution >= 4 is 27.8 Å². The number of Topliss-reactive ketones (excluding diaryl/α,β-unsaturated/α-hetero) is 1. The maximum absolute atomic E-state index is 11.3. The molecule has 1 aromatic carbocycles. The summed E-state index contributed by atoms with van der Waals surface area (Å²) in [5.74, 6) is 0.00500. The van der Waals surface area contributed by atoms with Crippen LogP contribution in [-0.2, 0) is 0 Å². The van der Waals surface area contributed by atoms with Crippen LogP contribution >= 0.6 is 15.9 Å². The molecule has 0 heterocycles. The second-order valence-electron chi connectivity index (χ2n) is 3.35. The average molecular weight is 286 g/mol. The number of rotatable bonds is 4. The van der Waals surface area contributed by atoms with Crippen LogP contribution in [0, 0.1) is 0 Å². The van der Waals surface area contributed by atoms with Gasteiger partial charge in [-0.3, -0.25) is 4.79 Å². The van der Waals surface area contributed by atoms with E-state index >= 15 is 0 Å². The van der Waals surface area contributed by atoms with E-state index in [1.165, 1.54) is 0 Å². The summed E-state index contributed by atoms with van der Waals surface area (Å²) < 4.78 is 0. The number of amides is 1. The first kappa shape index (κ1) is 12.7. The first-order valence-corrected chi connectivity index (χ1v) is 5.85. The third-order valence-electron chi connectivity index (χ3n) is 2.19. The van der Waals surface area contributed by atoms with Crippen LogP contribution in [0.15, 0.2) is 24.3 Å². The number of carbonyl (C=O) groups excluding carboxylic acids is 1. The van der Waals surface area contributed by atoms with Gasteiger partial charge in [-0.05, 0) is 12.5 Å². The maximum Gasteiger partial charge on any atom is 0.405 e. The highest BCUT2D eigenvalue weighted by Gasteiger charge is 2.09. The molecule has 0 saturated heterocycles. The number of benzene rings is 1. The third kappa shape index (κ3) is 3.34. The first-order chi connectivity index (χ1) is 7.54. The lowest BCUT2D eigenvalue weighted by Gasteiger charge is -2.11. The topological polar surface area (TPSA) is 66.4 Å². The van der Waals surface area contributed by atoms with E-state index in [1.54, 1.807) is 31.2 Å². The fraction of sp³-hybridized carbons (Fsp3) is 0.273. The molecule has 0 fully saturated rings. The molecule has 0 radical (unpaired) electrons. The number of hydrogen-bond acceptors (Lipinski definition) is 2. The van der Waals surface area contributed by atoms with Gasteiger partial charge in [-0.2, -0.15) is 0 Å². The van der Waals surface area contributed by atoms with Crippen LogP contribution in [0.5, 0.6) is 0 Å². The van der Waals surface area contributed by atoms with E-state index in [-0.39, 0.29) is 17.2 Å². The number of hydrogen-bond donors (Lipinski definition) is 2. The van der Waals surface area contributed by atoms with Gasteiger partial charge in [0, 0.05) is 5.56 Å². The van der Waals surface area contributed by atoms with Crippen molar-refractivity contribution in [1.82, 2.24) is 5.32 Å². The summed E-state index contributed by atoms with van der Waals surface area (Å²) in [6, 6.07) is 6.59. The summed E-state index contributed by atoms with van der Waals surface area (Å²) >= 11 is 3.09. The zero-order valence-electron chi connectivity index (χ0n) is 8.74. The molecule has 1 atom stereocenters. The van der Waals surface area contributed by atoms with Gasteiger partial charge in [-0.25, -0.2) is 4.79 Å². The van der Waals surface area contributed by atoms with Crippen molar-refractivity contribution in [1.29, 1.82) is 0 Å². The Hall–Kier alpha value is -1.36. The molecule has 0 aliphatic carbocycles. The number of nitrogens with one attached hydrogen (secondary N) is 1. The monoisotopic (exact) mass is 285 g/mol. The van der Waals surface area contributed by atoms with Crippen LogP contribution in [0.4, 0.5) is 4.79 Å². The Morgan fingerprint density at radius 1 is 1.38 bits per heavy atom. The van der Waals surface area contributed by atoms with E-state index in [4.69, 9.17) is 5.11 Å². The van der Waals surface area contributed by atoms with Crippen LogP contribution in [0.25, 0.3) is 0 Å². The molecule has 1 amide bonds. The molecule has 0 saturated carbocycles. The molecule has 4 nitrogen and oxygen atoms in total. The highest BCUT2D eigenvalue weighted by atomic mass is 79.9. The van der Waals surface area contributed by atoms with Crippen LogP contribution in [-0.4, -0.2) is 22.3 Å². The quantitative estimate of drug-likeness (QED) is 0.660. The zero-order chi connectivity index (χ0) is 12.1. The summed E-state index contributed by atoms with van der Waals surface area (Å²) in [4.78, 5) is 21.7. The van der Waals surface area contributed by atoms with Gasteiger partial charge < -0.3 is 10.4 Å². The van der Waals surface area contributed by atoms with Crippen LogP contribution in [0.1, 0.15) is 28.9 Å². The summed E-state index contributed by atoms with van der Waals surface area (Å²) in [6.07, 6.45) is -1.06. The Morgan fingerprint density at radius 3 is 2.38 bits per heavy atom. The summed E-state index contributed by atoms with van der Waals surface area (Å²) in [5, 5.41) is 11.2. The SMILES string of the molecule is C[C@H](NC(=O)O)c1ccc(C(=O)CBr)cc1. The van der Waals surface area contributed by atoms with E-state index in [0.29, 0.717) is 5.56 Å². The second-order valence-corrected chi connectivity index (χ2v) is 3.91. The van der Waals surface area contributed by atoms with Crippen molar-refractivity contribution in [2.24, 2.45) is 0 Å². The Morgan fingerprint density at radius 2 is 1.94 bits per heavy atom. The van der Waals surface area contributed by atoms with Gasteiger partial charge in [0.2, 0.25) is 0 Å². The first-order valence-electron chi connectivity index (χ1n) is 4.73. The zero-order valence-corrected chi connectivity index (χ0v) is 10.3. The van der Waals surface area contributed by atoms with Crippen LogP contribution in [0.2, 0.25) is 0 Å². The minimum absolute atomic E-state index is 0.00500. The van der Waals surface area contributed by atoms with Crippen molar-refractivity contribution in [3.8, 4) is 0 Å². The van der Waals surface area contributed by atoms with Gasteiger partial charge in [-0.15, -0.1) is 0 Å². The molecule has 0 aliphatic rings. The summed E-state index contributed by atoms with van der Waals surface area (Å²) in [5.41, 5.74) is 1.44. The van der Waals surface area contributed by atoms with Gasteiger partial charge in [0.25, 0.3) is 0 Å². The number of halogens is 1. The molecule has 1 rings (SSSR count). The molecular weight excluding hydrogens is 274 g/mol. The predicted octanol–water partition coefficient (Wildman–Crippen LogP) is 2.59. The van der Waals surface area contributed by atoms with Crippen molar-refractivity contribution in [2.75, 3.05) is 5.33 Å². The normalized spacial score (nSPS) is 11.9. The van der Waals surface area contributed by atoms with Crippen molar-refractivity contribution in [3.05, 3.63) is 35.4 Å². The van der Waals surface area contributed by atoms with Crippen molar-refractivity contribution in [2.45, 2.75) is 13.0 Å². The molecule has 5 heteroatoms. The molecular formula is C11H12BrNO3. The molecule has 2 N–H and O–H groups in total. The fourth-order valence-electron chi connectivity index (χ4n) is 1.30. The van der Waals surface area contributed by atoms with Crippen LogP contribution < -0.4 is 5.32 Å². The van der Waals surface area contributed by atoms with E-state index in [1.807, 2.05) is 0 Å². The van der Waals surface area contributed by atoms with E-state index in [0.717, 1.165) is 5.56 Å². The highest BCUT2D eigenvalue weighted by molar-refractivity contribution is 9.09. The minimum atomic E-state index is -1.06. The number of carbonyl (C=O) groups is 2. The molecule has 86 valence electrons. The second kappa shape index (κ2) is 5.65. The smallest absolute Gasteiger partial charge is 0.405 e. The van der Waals surface area contributed by atoms with E-state index in [2.05, 4.69) is 21.2 Å². The molecule has 16 heavy (non-hydrogen) atoms. The lowest BCUT2D eigenvalue weighted by Crippen LogP contribution is -2.24. The summed E-state index contributed by atoms with van der Waals surface area (Å²) in [7, 11) is 0. The fourth-order valence-corrected chi connectivity index (χ4v) is 1.63. The Bertz CT molecular complexity index is 389. The molecule has 0 unspecified atom stereocenters. The van der Waals surface area contributed by atoms with E-state index < -0.39 is 6.09 Å². The maximum atomic E-state index is 11.3. The standard InChI is InChI=1S/C11H12BrNO3/c1-7(13-11(15)16)8-2-4-9(5-3-8)10(14)6-12/h2-5,7,13H,6H2,1H3,(H,15,16)/t7-/m0/s1. The van der Waals surface area contributed by atoms with Crippen LogP contribution in [0.3, 0.4) is 0 Å². The van der Waals surface area contributed by atoms with Gasteiger partial charge in [0.1, 0.15) is 0 Å². The van der Waals surface area contributed by atoms with E-state index in [9.17, 15) is 9.59 Å². The van der Waals surface area contributed by atoms with Crippen molar-refractivity contribution in [3.63, 3.8) is 0 Å². The minimum Gasteiger partial charge on any atom is -0.465 e. The third-order valence-corrected chi connectivity index (χ3v) is 2.70. The van der Waals surface area contributed by atoms with Gasteiger partial charge in [0.05, 0.1) is 11.4 Å². The van der Waals surface area contributed by atoms with Gasteiger partial charge >= 0.3 is 6.09 Å². The largest absolute Gasteiger partial charge is 0.465 e. The van der Waals surface area contributed by atoms with Crippen molar-refractivity contribution < 1.29 is 14.7 Å². The molecule has 0 aliphatic heterocycles. The molecule has 0 spiro atoms. The molecule has 1 aromatic rings. The predicted molar refractivity (Wildman–Crippen MR) is 64.1 cm³/mol. The number of ketones is 1. The Balaban J connectivity index is 2.78. The number of carboxylic acid groups (broad SMARTS) is 1. The summed E-state index contributed by atoms with van der Waals surface area (Å²) in [6.45, 7) is 1.75. The molecule has 0 aromatic heterocycles. The average Bonchev–Trinajstić information content (AvgIpc) is 2.27. The number of alkyl halides is 1.